The van der Waals surface area contributed by atoms with E-state index < -0.39 is 9.84 Å². The second kappa shape index (κ2) is 7.63. The van der Waals surface area contributed by atoms with Crippen LogP contribution in [0.15, 0.2) is 42.7 Å². The smallest absolute Gasteiger partial charge is 0.257 e. The third kappa shape index (κ3) is 4.16. The predicted octanol–water partition coefficient (Wildman–Crippen LogP) is 3.00. The van der Waals surface area contributed by atoms with Crippen LogP contribution in [-0.2, 0) is 9.84 Å². The number of rotatable bonds is 5. The molecule has 0 spiro atoms. The van der Waals surface area contributed by atoms with Crippen LogP contribution in [0.2, 0.25) is 5.02 Å². The number of nitrogens with zero attached hydrogens (tertiary/aromatic N) is 2. The molecule has 1 atom stereocenters. The molecule has 1 aliphatic rings. The van der Waals surface area contributed by atoms with Gasteiger partial charge < -0.3 is 10.2 Å². The molecule has 1 fully saturated rings. The number of aromatic nitrogens is 1. The van der Waals surface area contributed by atoms with E-state index in [-0.39, 0.29) is 23.5 Å². The Labute approximate surface area is 158 Å². The number of halogens is 1. The van der Waals surface area contributed by atoms with E-state index in [1.54, 1.807) is 36.5 Å². The van der Waals surface area contributed by atoms with Gasteiger partial charge in [-0.2, -0.15) is 0 Å². The number of nitrogens with one attached hydrogen (secondary N) is 1. The molecule has 138 valence electrons. The highest BCUT2D eigenvalue weighted by molar-refractivity contribution is 7.91. The summed E-state index contributed by atoms with van der Waals surface area (Å²) in [6.45, 7) is 2.60. The van der Waals surface area contributed by atoms with Crippen LogP contribution in [0.5, 0.6) is 0 Å². The monoisotopic (exact) mass is 393 g/mol. The quantitative estimate of drug-likeness (QED) is 0.844. The molecule has 8 heteroatoms. The largest absolute Gasteiger partial charge is 0.367 e. The van der Waals surface area contributed by atoms with E-state index in [4.69, 9.17) is 11.6 Å². The Balaban J connectivity index is 1.81. The molecule has 1 aromatic heterocycles. The van der Waals surface area contributed by atoms with E-state index in [2.05, 4.69) is 10.3 Å². The van der Waals surface area contributed by atoms with E-state index in [1.165, 1.54) is 6.20 Å². The molecule has 0 bridgehead atoms. The number of para-hydroxylation sites is 1. The molecule has 1 unspecified atom stereocenters. The topological polar surface area (TPSA) is 79.4 Å². The van der Waals surface area contributed by atoms with Gasteiger partial charge in [0.05, 0.1) is 39.7 Å². The minimum absolute atomic E-state index is 0.0892. The fourth-order valence-electron chi connectivity index (χ4n) is 3.14. The lowest BCUT2D eigenvalue weighted by molar-refractivity contribution is 0.102. The van der Waals surface area contributed by atoms with Crippen LogP contribution in [-0.4, -0.2) is 43.4 Å². The minimum Gasteiger partial charge on any atom is -0.367 e. The highest BCUT2D eigenvalue weighted by atomic mass is 35.5. The van der Waals surface area contributed by atoms with Crippen molar-refractivity contribution in [2.24, 2.45) is 0 Å². The molecule has 1 saturated heterocycles. The predicted molar refractivity (Wildman–Crippen MR) is 104 cm³/mol. The maximum absolute atomic E-state index is 12.5. The minimum atomic E-state index is -2.99. The SMILES string of the molecule is CCN(c1cncc(C(=O)Nc2ccccc2Cl)c1)C1CCS(=O)(=O)C1. The van der Waals surface area contributed by atoms with Crippen molar-refractivity contribution in [2.75, 3.05) is 28.3 Å². The number of carbonyl (C=O) groups is 1. The Morgan fingerprint density at radius 2 is 2.12 bits per heavy atom. The zero-order valence-electron chi connectivity index (χ0n) is 14.4. The Kier molecular flexibility index (Phi) is 5.48. The van der Waals surface area contributed by atoms with Crippen molar-refractivity contribution in [1.29, 1.82) is 0 Å². The van der Waals surface area contributed by atoms with E-state index in [0.29, 0.717) is 29.2 Å². The van der Waals surface area contributed by atoms with Crippen molar-refractivity contribution < 1.29 is 13.2 Å². The van der Waals surface area contributed by atoms with Crippen molar-refractivity contribution in [3.63, 3.8) is 0 Å². The molecule has 26 heavy (non-hydrogen) atoms. The molecule has 2 aromatic rings. The molecule has 0 radical (unpaired) electrons. The maximum atomic E-state index is 12.5. The average Bonchev–Trinajstić information content (AvgIpc) is 2.97. The van der Waals surface area contributed by atoms with Crippen molar-refractivity contribution in [3.05, 3.63) is 53.3 Å². The summed E-state index contributed by atoms with van der Waals surface area (Å²) in [6, 6.07) is 8.64. The molecule has 1 amide bonds. The van der Waals surface area contributed by atoms with Crippen molar-refractivity contribution >= 4 is 38.7 Å². The average molecular weight is 394 g/mol. The maximum Gasteiger partial charge on any atom is 0.257 e. The number of amides is 1. The van der Waals surface area contributed by atoms with Crippen LogP contribution in [0.25, 0.3) is 0 Å². The number of pyridine rings is 1. The van der Waals surface area contributed by atoms with Gasteiger partial charge in [-0.05, 0) is 31.5 Å². The van der Waals surface area contributed by atoms with Crippen LogP contribution >= 0.6 is 11.6 Å². The van der Waals surface area contributed by atoms with E-state index in [9.17, 15) is 13.2 Å². The van der Waals surface area contributed by atoms with Gasteiger partial charge in [0.2, 0.25) is 0 Å². The number of hydrogen-bond donors (Lipinski definition) is 1. The molecule has 6 nitrogen and oxygen atoms in total. The Morgan fingerprint density at radius 3 is 2.77 bits per heavy atom. The number of sulfone groups is 1. The Morgan fingerprint density at radius 1 is 1.35 bits per heavy atom. The zero-order chi connectivity index (χ0) is 18.7. The first-order valence-corrected chi connectivity index (χ1v) is 10.6. The van der Waals surface area contributed by atoms with E-state index in [0.717, 1.165) is 5.69 Å². The van der Waals surface area contributed by atoms with Crippen LogP contribution in [0.1, 0.15) is 23.7 Å². The summed E-state index contributed by atoms with van der Waals surface area (Å²) in [4.78, 5) is 18.7. The lowest BCUT2D eigenvalue weighted by atomic mass is 10.1. The van der Waals surface area contributed by atoms with E-state index >= 15 is 0 Å². The van der Waals surface area contributed by atoms with Gasteiger partial charge >= 0.3 is 0 Å². The molecule has 3 rings (SSSR count). The van der Waals surface area contributed by atoms with Crippen LogP contribution < -0.4 is 10.2 Å². The van der Waals surface area contributed by atoms with Crippen molar-refractivity contribution in [2.45, 2.75) is 19.4 Å². The Bertz CT molecular complexity index is 917. The van der Waals surface area contributed by atoms with Gasteiger partial charge in [0.15, 0.2) is 9.84 Å². The van der Waals surface area contributed by atoms with Gasteiger partial charge in [0, 0.05) is 18.8 Å². The standard InChI is InChI=1S/C18H20ClN3O3S/c1-2-22(14-7-8-26(24,25)12-14)15-9-13(10-20-11-15)18(23)21-17-6-4-3-5-16(17)19/h3-6,9-11,14H,2,7-8,12H2,1H3,(H,21,23). The lowest BCUT2D eigenvalue weighted by Gasteiger charge is -2.29. The highest BCUT2D eigenvalue weighted by Crippen LogP contribution is 2.25. The number of benzene rings is 1. The molecule has 0 aliphatic carbocycles. The van der Waals surface area contributed by atoms with Crippen molar-refractivity contribution in [3.8, 4) is 0 Å². The second-order valence-electron chi connectivity index (χ2n) is 6.21. The summed E-state index contributed by atoms with van der Waals surface area (Å²) in [5.74, 6) is 0.0214. The fraction of sp³-hybridized carbons (Fsp3) is 0.333. The summed E-state index contributed by atoms with van der Waals surface area (Å²) < 4.78 is 23.6. The lowest BCUT2D eigenvalue weighted by Crippen LogP contribution is -2.36. The summed E-state index contributed by atoms with van der Waals surface area (Å²) in [6.07, 6.45) is 3.72. The first-order chi connectivity index (χ1) is 12.4. The summed E-state index contributed by atoms with van der Waals surface area (Å²) in [7, 11) is -2.99. The summed E-state index contributed by atoms with van der Waals surface area (Å²) >= 11 is 6.08. The van der Waals surface area contributed by atoms with Gasteiger partial charge in [-0.15, -0.1) is 0 Å². The molecule has 2 heterocycles. The molecule has 1 aromatic carbocycles. The second-order valence-corrected chi connectivity index (χ2v) is 8.84. The van der Waals surface area contributed by atoms with Gasteiger partial charge in [-0.3, -0.25) is 9.78 Å². The number of anilines is 2. The summed E-state index contributed by atoms with van der Waals surface area (Å²) in [5.41, 5.74) is 1.65. The third-order valence-electron chi connectivity index (χ3n) is 4.43. The van der Waals surface area contributed by atoms with Gasteiger partial charge in [-0.25, -0.2) is 8.42 Å². The van der Waals surface area contributed by atoms with Crippen LogP contribution in [0.3, 0.4) is 0 Å². The molecular weight excluding hydrogens is 374 g/mol. The Hall–Kier alpha value is -2.12. The molecule has 1 aliphatic heterocycles. The molecular formula is C18H20ClN3O3S. The molecule has 1 N–H and O–H groups in total. The normalized spacial score (nSPS) is 18.5. The first kappa shape index (κ1) is 18.7. The van der Waals surface area contributed by atoms with Gasteiger partial charge in [0.25, 0.3) is 5.91 Å². The zero-order valence-corrected chi connectivity index (χ0v) is 15.9. The number of carbonyl (C=O) groups excluding carboxylic acids is 1. The highest BCUT2D eigenvalue weighted by Gasteiger charge is 2.32. The number of hydrogen-bond acceptors (Lipinski definition) is 5. The fourth-order valence-corrected chi connectivity index (χ4v) is 5.05. The van der Waals surface area contributed by atoms with Gasteiger partial charge in [-0.1, -0.05) is 23.7 Å². The summed E-state index contributed by atoms with van der Waals surface area (Å²) in [5, 5.41) is 3.22. The van der Waals surface area contributed by atoms with Gasteiger partial charge in [0.1, 0.15) is 0 Å². The van der Waals surface area contributed by atoms with E-state index in [1.807, 2.05) is 11.8 Å². The first-order valence-electron chi connectivity index (χ1n) is 8.37. The van der Waals surface area contributed by atoms with Crippen LogP contribution in [0.4, 0.5) is 11.4 Å². The van der Waals surface area contributed by atoms with Crippen molar-refractivity contribution in [1.82, 2.24) is 4.98 Å². The van der Waals surface area contributed by atoms with Crippen LogP contribution in [0, 0.1) is 0 Å². The third-order valence-corrected chi connectivity index (χ3v) is 6.51. The molecule has 0 saturated carbocycles.